The molecule has 30 heavy (non-hydrogen) atoms. The number of fused-ring (bicyclic) bond motifs is 1. The number of hydrogen-bond acceptors (Lipinski definition) is 2. The van der Waals surface area contributed by atoms with Crippen LogP contribution in [0.1, 0.15) is 23.2 Å². The van der Waals surface area contributed by atoms with E-state index in [0.29, 0.717) is 10.0 Å². The van der Waals surface area contributed by atoms with Crippen LogP contribution in [0.5, 0.6) is 0 Å². The van der Waals surface area contributed by atoms with E-state index >= 15 is 0 Å². The maximum Gasteiger partial charge on any atom is 0.0945 e. The standard InChI is InChI=1S/C23H24Cl2N4.ClH/c1-17-21(14-26-9-4-11-28-12-10-27-16-28)20-5-2-3-6-23(20)29(17)15-18-7-8-19(24)13-22(18)25;/h2-3,5-8,10,12-13,16,26H,4,9,11,14-15H2,1H3;1H. The molecule has 7 heteroatoms. The van der Waals surface area contributed by atoms with Crippen molar-refractivity contribution in [1.82, 2.24) is 19.4 Å². The maximum atomic E-state index is 6.43. The van der Waals surface area contributed by atoms with Gasteiger partial charge in [-0.25, -0.2) is 4.98 Å². The van der Waals surface area contributed by atoms with Crippen LogP contribution >= 0.6 is 35.6 Å². The predicted molar refractivity (Wildman–Crippen MR) is 128 cm³/mol. The Kier molecular flexibility index (Phi) is 7.84. The van der Waals surface area contributed by atoms with Gasteiger partial charge in [0.05, 0.1) is 6.33 Å². The van der Waals surface area contributed by atoms with Crippen molar-refractivity contribution in [2.24, 2.45) is 0 Å². The lowest BCUT2D eigenvalue weighted by Gasteiger charge is -2.11. The Morgan fingerprint density at radius 1 is 1.10 bits per heavy atom. The number of nitrogens with zero attached hydrogens (tertiary/aromatic N) is 3. The molecule has 0 aliphatic carbocycles. The van der Waals surface area contributed by atoms with Crippen LogP contribution in [0.4, 0.5) is 0 Å². The first-order chi connectivity index (χ1) is 14.1. The van der Waals surface area contributed by atoms with Gasteiger partial charge in [0.25, 0.3) is 0 Å². The highest BCUT2D eigenvalue weighted by Crippen LogP contribution is 2.29. The van der Waals surface area contributed by atoms with Gasteiger partial charge in [-0.05, 0) is 49.2 Å². The van der Waals surface area contributed by atoms with Crippen LogP contribution in [0, 0.1) is 6.92 Å². The average Bonchev–Trinajstić information content (AvgIpc) is 3.32. The van der Waals surface area contributed by atoms with Crippen LogP contribution in [-0.4, -0.2) is 20.7 Å². The number of para-hydroxylation sites is 1. The highest BCUT2D eigenvalue weighted by Gasteiger charge is 2.14. The normalized spacial score (nSPS) is 11.0. The fourth-order valence-electron chi connectivity index (χ4n) is 3.77. The second-order valence-corrected chi connectivity index (χ2v) is 8.08. The van der Waals surface area contributed by atoms with E-state index in [0.717, 1.165) is 38.2 Å². The molecule has 158 valence electrons. The summed E-state index contributed by atoms with van der Waals surface area (Å²) in [5, 5.41) is 6.25. The van der Waals surface area contributed by atoms with Crippen molar-refractivity contribution in [2.45, 2.75) is 33.0 Å². The van der Waals surface area contributed by atoms with Gasteiger partial charge in [-0.3, -0.25) is 0 Å². The minimum atomic E-state index is 0. The number of benzene rings is 2. The third kappa shape index (κ3) is 5.01. The minimum absolute atomic E-state index is 0. The molecule has 0 aliphatic heterocycles. The molecular weight excluding hydrogens is 439 g/mol. The van der Waals surface area contributed by atoms with E-state index in [1.165, 1.54) is 22.2 Å². The van der Waals surface area contributed by atoms with Gasteiger partial charge >= 0.3 is 0 Å². The third-order valence-corrected chi connectivity index (χ3v) is 5.92. The monoisotopic (exact) mass is 462 g/mol. The molecule has 0 unspecified atom stereocenters. The molecule has 0 aliphatic rings. The summed E-state index contributed by atoms with van der Waals surface area (Å²) < 4.78 is 4.45. The third-order valence-electron chi connectivity index (χ3n) is 5.34. The molecule has 0 fully saturated rings. The molecule has 0 radical (unpaired) electrons. The smallest absolute Gasteiger partial charge is 0.0945 e. The molecule has 2 aromatic heterocycles. The van der Waals surface area contributed by atoms with Crippen LogP contribution < -0.4 is 5.32 Å². The first kappa shape index (κ1) is 22.7. The summed E-state index contributed by atoms with van der Waals surface area (Å²) in [5.74, 6) is 0. The first-order valence-corrected chi connectivity index (χ1v) is 10.6. The van der Waals surface area contributed by atoms with Gasteiger partial charge in [0.15, 0.2) is 0 Å². The Labute approximate surface area is 193 Å². The van der Waals surface area contributed by atoms with E-state index in [1.807, 2.05) is 36.9 Å². The van der Waals surface area contributed by atoms with Gasteiger partial charge in [-0.15, -0.1) is 12.4 Å². The van der Waals surface area contributed by atoms with Crippen LogP contribution in [0.2, 0.25) is 10.0 Å². The van der Waals surface area contributed by atoms with E-state index in [4.69, 9.17) is 23.2 Å². The molecule has 0 spiro atoms. The van der Waals surface area contributed by atoms with Crippen molar-refractivity contribution >= 4 is 46.5 Å². The van der Waals surface area contributed by atoms with E-state index in [2.05, 4.69) is 50.6 Å². The van der Waals surface area contributed by atoms with Crippen molar-refractivity contribution in [3.63, 3.8) is 0 Å². The molecule has 4 rings (SSSR count). The van der Waals surface area contributed by atoms with Gasteiger partial charge in [0, 0.05) is 58.7 Å². The largest absolute Gasteiger partial charge is 0.340 e. The molecule has 2 aromatic carbocycles. The highest BCUT2D eigenvalue weighted by atomic mass is 35.5. The van der Waals surface area contributed by atoms with Crippen LogP contribution in [0.25, 0.3) is 10.9 Å². The Morgan fingerprint density at radius 3 is 2.70 bits per heavy atom. The van der Waals surface area contributed by atoms with E-state index < -0.39 is 0 Å². The SMILES string of the molecule is Cc1c(CNCCCn2ccnc2)c2ccccc2n1Cc1ccc(Cl)cc1Cl.Cl. The molecule has 1 N–H and O–H groups in total. The number of imidazole rings is 1. The van der Waals surface area contributed by atoms with Gasteiger partial charge in [-0.1, -0.05) is 47.5 Å². The predicted octanol–water partition coefficient (Wildman–Crippen LogP) is 6.10. The lowest BCUT2D eigenvalue weighted by Crippen LogP contribution is -2.17. The summed E-state index contributed by atoms with van der Waals surface area (Å²) >= 11 is 12.5. The molecular formula is C23H25Cl3N4. The summed E-state index contributed by atoms with van der Waals surface area (Å²) in [6.07, 6.45) is 6.74. The van der Waals surface area contributed by atoms with Crippen molar-refractivity contribution < 1.29 is 0 Å². The van der Waals surface area contributed by atoms with Crippen LogP contribution in [0.3, 0.4) is 0 Å². The molecule has 0 saturated heterocycles. The zero-order valence-corrected chi connectivity index (χ0v) is 19.1. The summed E-state index contributed by atoms with van der Waals surface area (Å²) in [4.78, 5) is 4.09. The Morgan fingerprint density at radius 2 is 1.93 bits per heavy atom. The fraction of sp³-hybridized carbons (Fsp3) is 0.261. The summed E-state index contributed by atoms with van der Waals surface area (Å²) in [6.45, 7) is 5.69. The summed E-state index contributed by atoms with van der Waals surface area (Å²) in [6, 6.07) is 14.3. The Bertz CT molecular complexity index is 1100. The van der Waals surface area contributed by atoms with Gasteiger partial charge in [-0.2, -0.15) is 0 Å². The van der Waals surface area contributed by atoms with Crippen molar-refractivity contribution in [3.05, 3.63) is 88.1 Å². The van der Waals surface area contributed by atoms with E-state index in [-0.39, 0.29) is 12.4 Å². The van der Waals surface area contributed by atoms with Gasteiger partial charge < -0.3 is 14.5 Å². The van der Waals surface area contributed by atoms with E-state index in [9.17, 15) is 0 Å². The van der Waals surface area contributed by atoms with Gasteiger partial charge in [0.1, 0.15) is 0 Å². The number of hydrogen-bond donors (Lipinski definition) is 1. The quantitative estimate of drug-likeness (QED) is 0.320. The zero-order chi connectivity index (χ0) is 20.2. The highest BCUT2D eigenvalue weighted by molar-refractivity contribution is 6.35. The number of nitrogens with one attached hydrogen (secondary N) is 1. The van der Waals surface area contributed by atoms with Crippen molar-refractivity contribution in [2.75, 3.05) is 6.54 Å². The average molecular weight is 464 g/mol. The molecule has 4 nitrogen and oxygen atoms in total. The second-order valence-electron chi connectivity index (χ2n) is 7.23. The fourth-order valence-corrected chi connectivity index (χ4v) is 4.24. The molecule has 0 bridgehead atoms. The first-order valence-electron chi connectivity index (χ1n) is 9.80. The van der Waals surface area contributed by atoms with Crippen LogP contribution in [0.15, 0.2) is 61.2 Å². The summed E-state index contributed by atoms with van der Waals surface area (Å²) in [7, 11) is 0. The molecule has 0 amide bonds. The number of halogens is 3. The molecule has 4 aromatic rings. The molecule has 0 saturated carbocycles. The minimum Gasteiger partial charge on any atom is -0.340 e. The lowest BCUT2D eigenvalue weighted by atomic mass is 10.1. The topological polar surface area (TPSA) is 34.8 Å². The molecule has 0 atom stereocenters. The number of rotatable bonds is 8. The second kappa shape index (κ2) is 10.4. The van der Waals surface area contributed by atoms with Crippen LogP contribution in [-0.2, 0) is 19.6 Å². The number of aromatic nitrogens is 3. The Balaban J connectivity index is 0.00000256. The van der Waals surface area contributed by atoms with Crippen molar-refractivity contribution in [3.8, 4) is 0 Å². The summed E-state index contributed by atoms with van der Waals surface area (Å²) in [5.41, 5.74) is 4.90. The van der Waals surface area contributed by atoms with Gasteiger partial charge in [0.2, 0.25) is 0 Å². The molecule has 2 heterocycles. The lowest BCUT2D eigenvalue weighted by molar-refractivity contribution is 0.580. The van der Waals surface area contributed by atoms with Crippen molar-refractivity contribution in [1.29, 1.82) is 0 Å². The maximum absolute atomic E-state index is 6.43. The Hall–Kier alpha value is -1.98. The zero-order valence-electron chi connectivity index (χ0n) is 16.8. The van der Waals surface area contributed by atoms with E-state index in [1.54, 1.807) is 0 Å². The number of aryl methyl sites for hydroxylation is 1.